The third-order valence-corrected chi connectivity index (χ3v) is 13.9. The van der Waals surface area contributed by atoms with E-state index in [0.29, 0.717) is 42.1 Å². The van der Waals surface area contributed by atoms with Crippen LogP contribution in [0.5, 0.6) is 0 Å². The molecule has 3 heterocycles. The van der Waals surface area contributed by atoms with E-state index in [9.17, 15) is 21.9 Å². The highest BCUT2D eigenvalue weighted by Gasteiger charge is 2.46. The van der Waals surface area contributed by atoms with Gasteiger partial charge in [-0.15, -0.1) is 13.2 Å². The molecule has 3 aliphatic heterocycles. The zero-order valence-corrected chi connectivity index (χ0v) is 31.9. The Hall–Kier alpha value is -2.42. The molecule has 10 atom stereocenters. The molecule has 51 heavy (non-hydrogen) atoms. The predicted molar refractivity (Wildman–Crippen MR) is 196 cm³/mol. The van der Waals surface area contributed by atoms with E-state index < -0.39 is 31.6 Å². The normalized spacial score (nSPS) is 31.1. The second-order valence-corrected chi connectivity index (χ2v) is 18.5. The average molecular weight is 749 g/mol. The van der Waals surface area contributed by atoms with Crippen LogP contribution < -0.4 is 0 Å². The Kier molecular flexibility index (Phi) is 14.6. The van der Waals surface area contributed by atoms with E-state index in [4.69, 9.17) is 24.1 Å². The molecule has 3 saturated heterocycles. The van der Waals surface area contributed by atoms with Crippen molar-refractivity contribution in [3.05, 3.63) is 86.0 Å². The maximum absolute atomic E-state index is 12.9. The van der Waals surface area contributed by atoms with E-state index in [2.05, 4.69) is 20.1 Å². The van der Waals surface area contributed by atoms with Gasteiger partial charge in [0.15, 0.2) is 25.5 Å². The summed E-state index contributed by atoms with van der Waals surface area (Å²) >= 11 is 0. The fraction of sp³-hybridized carbons (Fsp3) is 0.590. The van der Waals surface area contributed by atoms with Crippen LogP contribution in [0.2, 0.25) is 0 Å². The van der Waals surface area contributed by atoms with Gasteiger partial charge in [-0.2, -0.15) is 0 Å². The van der Waals surface area contributed by atoms with Crippen molar-refractivity contribution in [3.8, 4) is 0 Å². The molecular weight excluding hydrogens is 693 g/mol. The number of aliphatic hydroxyl groups excluding tert-OH is 2. The Labute approximate surface area is 304 Å². The standard InChI is InChI=1S/C21H30O5S.C18H26O5S/c1-5-9-19-18(14-27(22,23)17-10-7-6-8-11-17)15(2)20(25-19)12-16-13-24-21(3,4)26-16;1-3-7-17-16(13(2)18(23-17)10-14(20)11-19)12-24(21,22)15-8-5-4-6-9-15/h5-8,10-11,15-16,18-20H,1,9,12-14H2,2-4H3;3-6,8-9,13-14,16-20H,1,7,10-12H2,2H3/t15-,16+,18-,19+,20-;13-,14+,16-,17+,18-/m11/s1. The molecule has 0 aromatic heterocycles. The molecule has 2 aromatic rings. The summed E-state index contributed by atoms with van der Waals surface area (Å²) in [4.78, 5) is 0.681. The summed E-state index contributed by atoms with van der Waals surface area (Å²) in [6, 6.07) is 17.1. The third-order valence-electron chi connectivity index (χ3n) is 10.3. The van der Waals surface area contributed by atoms with E-state index in [1.807, 2.05) is 26.8 Å². The van der Waals surface area contributed by atoms with Crippen LogP contribution in [0.15, 0.2) is 95.8 Å². The SMILES string of the molecule is C=CC[C@@H]1O[C@H](C[C@H](O)CO)[C@H](C)[C@H]1CS(=O)(=O)c1ccccc1.C=CC[C@@H]1O[C@H](C[C@H]2COC(C)(C)O2)[C@H](C)[C@H]1CS(=O)(=O)c1ccccc1. The molecule has 3 fully saturated rings. The van der Waals surface area contributed by atoms with Crippen molar-refractivity contribution in [2.24, 2.45) is 23.7 Å². The summed E-state index contributed by atoms with van der Waals surface area (Å²) in [7, 11) is -6.78. The molecule has 0 amide bonds. The molecule has 0 unspecified atom stereocenters. The molecule has 5 rings (SSSR count). The number of benzene rings is 2. The summed E-state index contributed by atoms with van der Waals surface area (Å²) < 4.78 is 75.0. The van der Waals surface area contributed by atoms with Gasteiger partial charge in [0.05, 0.1) is 71.1 Å². The van der Waals surface area contributed by atoms with E-state index in [-0.39, 0.29) is 72.3 Å². The van der Waals surface area contributed by atoms with E-state index in [1.54, 1.807) is 66.7 Å². The van der Waals surface area contributed by atoms with Gasteiger partial charge in [-0.3, -0.25) is 0 Å². The van der Waals surface area contributed by atoms with Gasteiger partial charge in [0, 0.05) is 24.7 Å². The van der Waals surface area contributed by atoms with Gasteiger partial charge < -0.3 is 29.2 Å². The Morgan fingerprint density at radius 1 is 0.784 bits per heavy atom. The van der Waals surface area contributed by atoms with Crippen LogP contribution in [0.25, 0.3) is 0 Å². The van der Waals surface area contributed by atoms with Gasteiger partial charge in [-0.05, 0) is 62.8 Å². The molecular formula is C39H56O10S2. The van der Waals surface area contributed by atoms with Crippen molar-refractivity contribution in [2.45, 2.75) is 106 Å². The first-order valence-corrected chi connectivity index (χ1v) is 21.1. The zero-order chi connectivity index (χ0) is 37.4. The lowest BCUT2D eigenvalue weighted by atomic mass is 9.87. The Morgan fingerprint density at radius 2 is 1.24 bits per heavy atom. The summed E-state index contributed by atoms with van der Waals surface area (Å²) in [6.07, 6.45) is 4.16. The van der Waals surface area contributed by atoms with E-state index in [0.717, 1.165) is 0 Å². The molecule has 0 saturated carbocycles. The molecule has 0 spiro atoms. The molecule has 3 aliphatic rings. The van der Waals surface area contributed by atoms with Crippen molar-refractivity contribution in [2.75, 3.05) is 24.7 Å². The number of aliphatic hydroxyl groups is 2. The van der Waals surface area contributed by atoms with Crippen LogP contribution in [0.3, 0.4) is 0 Å². The minimum atomic E-state index is -3.41. The summed E-state index contributed by atoms with van der Waals surface area (Å²) in [5.74, 6) is -0.653. The highest BCUT2D eigenvalue weighted by atomic mass is 32.2. The molecule has 0 bridgehead atoms. The van der Waals surface area contributed by atoms with Gasteiger partial charge in [0.2, 0.25) is 0 Å². The molecule has 0 radical (unpaired) electrons. The monoisotopic (exact) mass is 748 g/mol. The third kappa shape index (κ3) is 11.1. The maximum Gasteiger partial charge on any atom is 0.178 e. The van der Waals surface area contributed by atoms with Crippen LogP contribution >= 0.6 is 0 Å². The van der Waals surface area contributed by atoms with Crippen molar-refractivity contribution in [1.82, 2.24) is 0 Å². The number of ether oxygens (including phenoxy) is 4. The Bertz CT molecular complexity index is 1610. The number of sulfone groups is 2. The van der Waals surface area contributed by atoms with Crippen molar-refractivity contribution < 1.29 is 46.0 Å². The average Bonchev–Trinajstić information content (AvgIpc) is 3.69. The minimum absolute atomic E-state index is 0.00239. The van der Waals surface area contributed by atoms with E-state index >= 15 is 0 Å². The van der Waals surface area contributed by atoms with Crippen LogP contribution in [-0.2, 0) is 38.6 Å². The van der Waals surface area contributed by atoms with Gasteiger partial charge in [-0.25, -0.2) is 16.8 Å². The Morgan fingerprint density at radius 3 is 1.65 bits per heavy atom. The first-order valence-electron chi connectivity index (χ1n) is 17.8. The van der Waals surface area contributed by atoms with Crippen LogP contribution in [0.4, 0.5) is 0 Å². The maximum atomic E-state index is 12.9. The summed E-state index contributed by atoms with van der Waals surface area (Å²) in [6.45, 7) is 15.6. The van der Waals surface area contributed by atoms with Crippen LogP contribution in [-0.4, -0.2) is 94.2 Å². The van der Waals surface area contributed by atoms with Crippen LogP contribution in [0.1, 0.15) is 53.4 Å². The highest BCUT2D eigenvalue weighted by Crippen LogP contribution is 2.40. The fourth-order valence-corrected chi connectivity index (χ4v) is 11.0. The lowest BCUT2D eigenvalue weighted by Gasteiger charge is -2.22. The molecule has 2 aromatic carbocycles. The van der Waals surface area contributed by atoms with E-state index in [1.165, 1.54) is 0 Å². The van der Waals surface area contributed by atoms with Gasteiger partial charge in [0.25, 0.3) is 0 Å². The smallest absolute Gasteiger partial charge is 0.178 e. The number of rotatable bonds is 15. The molecule has 12 heteroatoms. The van der Waals surface area contributed by atoms with Crippen molar-refractivity contribution in [1.29, 1.82) is 0 Å². The summed E-state index contributed by atoms with van der Waals surface area (Å²) in [5.41, 5.74) is 0. The van der Waals surface area contributed by atoms with Crippen LogP contribution in [0, 0.1) is 23.7 Å². The second-order valence-electron chi connectivity index (χ2n) is 14.5. The van der Waals surface area contributed by atoms with Gasteiger partial charge >= 0.3 is 0 Å². The lowest BCUT2D eigenvalue weighted by molar-refractivity contribution is -0.142. The largest absolute Gasteiger partial charge is 0.394 e. The quantitative estimate of drug-likeness (QED) is 0.227. The topological polar surface area (TPSA) is 146 Å². The fourth-order valence-electron chi connectivity index (χ4n) is 7.41. The lowest BCUT2D eigenvalue weighted by Crippen LogP contribution is -2.29. The predicted octanol–water partition coefficient (Wildman–Crippen LogP) is 5.40. The highest BCUT2D eigenvalue weighted by molar-refractivity contribution is 7.91. The molecule has 0 aliphatic carbocycles. The minimum Gasteiger partial charge on any atom is -0.394 e. The number of hydrogen-bond donors (Lipinski definition) is 2. The number of hydrogen-bond acceptors (Lipinski definition) is 10. The molecule has 2 N–H and O–H groups in total. The first kappa shape index (κ1) is 41.3. The first-order chi connectivity index (χ1) is 24.1. The zero-order valence-electron chi connectivity index (χ0n) is 30.2. The molecule has 10 nitrogen and oxygen atoms in total. The van der Waals surface area contributed by atoms with Crippen molar-refractivity contribution in [3.63, 3.8) is 0 Å². The molecule has 284 valence electrons. The second kappa shape index (κ2) is 18.1. The van der Waals surface area contributed by atoms with Crippen molar-refractivity contribution >= 4 is 19.7 Å². The van der Waals surface area contributed by atoms with Gasteiger partial charge in [0.1, 0.15) is 0 Å². The van der Waals surface area contributed by atoms with Gasteiger partial charge in [-0.1, -0.05) is 62.4 Å². The Balaban J connectivity index is 0.000000230. The summed E-state index contributed by atoms with van der Waals surface area (Å²) in [5, 5.41) is 18.7.